The molecular formula is C10H17N3O3. The van der Waals surface area contributed by atoms with Crippen LogP contribution in [0.1, 0.15) is 19.8 Å². The molecule has 1 rings (SSSR count). The Morgan fingerprint density at radius 1 is 1.69 bits per heavy atom. The third-order valence-electron chi connectivity index (χ3n) is 2.14. The molecule has 0 aliphatic carbocycles. The summed E-state index contributed by atoms with van der Waals surface area (Å²) >= 11 is 0. The molecule has 0 aliphatic rings. The molecule has 90 valence electrons. The Labute approximate surface area is 93.7 Å². The van der Waals surface area contributed by atoms with Gasteiger partial charge in [0, 0.05) is 6.54 Å². The highest BCUT2D eigenvalue weighted by atomic mass is 16.5. The Bertz CT molecular complexity index is 378. The second kappa shape index (κ2) is 6.12. The van der Waals surface area contributed by atoms with Crippen LogP contribution >= 0.6 is 0 Å². The zero-order valence-electron chi connectivity index (χ0n) is 9.49. The quantitative estimate of drug-likeness (QED) is 0.652. The fourth-order valence-electron chi connectivity index (χ4n) is 1.35. The SMILES string of the molecule is CCCC(O)CNc1nc[nH]c(=O)c1OC. The van der Waals surface area contributed by atoms with Crippen LogP contribution in [0.4, 0.5) is 5.82 Å². The third kappa shape index (κ3) is 3.23. The summed E-state index contributed by atoms with van der Waals surface area (Å²) in [5, 5.41) is 12.4. The minimum absolute atomic E-state index is 0.131. The number of aliphatic hydroxyl groups is 1. The molecule has 0 bridgehead atoms. The van der Waals surface area contributed by atoms with Crippen molar-refractivity contribution in [2.24, 2.45) is 0 Å². The van der Waals surface area contributed by atoms with E-state index in [-0.39, 0.29) is 11.3 Å². The molecule has 0 radical (unpaired) electrons. The van der Waals surface area contributed by atoms with Crippen LogP contribution in [0.3, 0.4) is 0 Å². The molecule has 0 aromatic carbocycles. The first kappa shape index (κ1) is 12.5. The van der Waals surface area contributed by atoms with Crippen molar-refractivity contribution in [1.29, 1.82) is 0 Å². The predicted octanol–water partition coefficient (Wildman–Crippen LogP) is 0.351. The van der Waals surface area contributed by atoms with Crippen LogP contribution in [0.25, 0.3) is 0 Å². The average molecular weight is 227 g/mol. The molecule has 1 heterocycles. The van der Waals surface area contributed by atoms with Crippen LogP contribution in [0, 0.1) is 0 Å². The molecule has 0 saturated heterocycles. The molecule has 1 atom stereocenters. The fourth-order valence-corrected chi connectivity index (χ4v) is 1.35. The maximum atomic E-state index is 11.3. The first-order chi connectivity index (χ1) is 7.69. The van der Waals surface area contributed by atoms with E-state index in [1.807, 2.05) is 6.92 Å². The van der Waals surface area contributed by atoms with Gasteiger partial charge in [0.1, 0.15) is 0 Å². The number of hydrogen-bond donors (Lipinski definition) is 3. The second-order valence-electron chi connectivity index (χ2n) is 3.44. The van der Waals surface area contributed by atoms with E-state index in [2.05, 4.69) is 15.3 Å². The average Bonchev–Trinajstić information content (AvgIpc) is 2.27. The minimum atomic E-state index is -0.448. The van der Waals surface area contributed by atoms with E-state index in [9.17, 15) is 9.90 Å². The number of aliphatic hydroxyl groups excluding tert-OH is 1. The smallest absolute Gasteiger partial charge is 0.295 e. The summed E-state index contributed by atoms with van der Waals surface area (Å²) in [7, 11) is 1.40. The highest BCUT2D eigenvalue weighted by Gasteiger charge is 2.10. The molecule has 16 heavy (non-hydrogen) atoms. The maximum absolute atomic E-state index is 11.3. The molecule has 1 aromatic rings. The second-order valence-corrected chi connectivity index (χ2v) is 3.44. The Morgan fingerprint density at radius 3 is 3.06 bits per heavy atom. The van der Waals surface area contributed by atoms with Gasteiger partial charge in [-0.25, -0.2) is 4.98 Å². The van der Waals surface area contributed by atoms with Gasteiger partial charge in [0.05, 0.1) is 19.5 Å². The Morgan fingerprint density at radius 2 is 2.44 bits per heavy atom. The number of anilines is 1. The lowest BCUT2D eigenvalue weighted by molar-refractivity contribution is 0.176. The van der Waals surface area contributed by atoms with Gasteiger partial charge in [-0.15, -0.1) is 0 Å². The highest BCUT2D eigenvalue weighted by Crippen LogP contribution is 2.14. The molecule has 1 unspecified atom stereocenters. The summed E-state index contributed by atoms with van der Waals surface area (Å²) in [5.41, 5.74) is -0.343. The molecule has 6 nitrogen and oxygen atoms in total. The number of methoxy groups -OCH3 is 1. The predicted molar refractivity (Wildman–Crippen MR) is 60.8 cm³/mol. The largest absolute Gasteiger partial charge is 0.489 e. The third-order valence-corrected chi connectivity index (χ3v) is 2.14. The van der Waals surface area contributed by atoms with Crippen molar-refractivity contribution in [2.45, 2.75) is 25.9 Å². The van der Waals surface area contributed by atoms with Gasteiger partial charge in [0.2, 0.25) is 5.75 Å². The number of aromatic amines is 1. The summed E-state index contributed by atoms with van der Waals surface area (Å²) in [6.07, 6.45) is 2.46. The zero-order chi connectivity index (χ0) is 12.0. The van der Waals surface area contributed by atoms with Crippen molar-refractivity contribution in [2.75, 3.05) is 19.0 Å². The molecule has 0 amide bonds. The van der Waals surface area contributed by atoms with Gasteiger partial charge in [0.25, 0.3) is 5.56 Å². The van der Waals surface area contributed by atoms with Crippen LogP contribution in [-0.4, -0.2) is 34.8 Å². The molecule has 6 heteroatoms. The van der Waals surface area contributed by atoms with Crippen LogP contribution < -0.4 is 15.6 Å². The van der Waals surface area contributed by atoms with E-state index < -0.39 is 6.10 Å². The standard InChI is InChI=1S/C10H17N3O3/c1-3-4-7(14)5-11-9-8(16-2)10(15)13-6-12-9/h6-7,14H,3-5H2,1-2H3,(H2,11,12,13,15). The van der Waals surface area contributed by atoms with Crippen molar-refractivity contribution in [3.63, 3.8) is 0 Å². The molecule has 0 spiro atoms. The van der Waals surface area contributed by atoms with Gasteiger partial charge in [-0.2, -0.15) is 0 Å². The highest BCUT2D eigenvalue weighted by molar-refractivity contribution is 5.47. The first-order valence-corrected chi connectivity index (χ1v) is 5.22. The fraction of sp³-hybridized carbons (Fsp3) is 0.600. The van der Waals surface area contributed by atoms with E-state index in [4.69, 9.17) is 4.74 Å². The lowest BCUT2D eigenvalue weighted by atomic mass is 10.2. The molecular weight excluding hydrogens is 210 g/mol. The van der Waals surface area contributed by atoms with Crippen molar-refractivity contribution in [1.82, 2.24) is 9.97 Å². The van der Waals surface area contributed by atoms with Crippen LogP contribution in [0.5, 0.6) is 5.75 Å². The number of ether oxygens (including phenoxy) is 1. The van der Waals surface area contributed by atoms with E-state index >= 15 is 0 Å². The summed E-state index contributed by atoms with van der Waals surface area (Å²) in [6, 6.07) is 0. The minimum Gasteiger partial charge on any atom is -0.489 e. The molecule has 0 aliphatic heterocycles. The molecule has 1 aromatic heterocycles. The maximum Gasteiger partial charge on any atom is 0.295 e. The van der Waals surface area contributed by atoms with E-state index in [1.54, 1.807) is 0 Å². The van der Waals surface area contributed by atoms with Crippen LogP contribution in [-0.2, 0) is 0 Å². The summed E-state index contributed by atoms with van der Waals surface area (Å²) < 4.78 is 4.92. The van der Waals surface area contributed by atoms with E-state index in [0.717, 1.165) is 6.42 Å². The van der Waals surface area contributed by atoms with E-state index in [0.29, 0.717) is 18.8 Å². The van der Waals surface area contributed by atoms with Gasteiger partial charge in [0.15, 0.2) is 5.82 Å². The van der Waals surface area contributed by atoms with Crippen molar-refractivity contribution in [3.8, 4) is 5.75 Å². The number of rotatable bonds is 6. The Kier molecular flexibility index (Phi) is 4.78. The summed E-state index contributed by atoms with van der Waals surface area (Å²) in [6.45, 7) is 2.34. The molecule has 0 fully saturated rings. The molecule has 0 saturated carbocycles. The monoisotopic (exact) mass is 227 g/mol. The van der Waals surface area contributed by atoms with Gasteiger partial charge in [-0.3, -0.25) is 4.79 Å². The van der Waals surface area contributed by atoms with Gasteiger partial charge in [-0.1, -0.05) is 13.3 Å². The van der Waals surface area contributed by atoms with Crippen molar-refractivity contribution >= 4 is 5.82 Å². The normalized spacial score (nSPS) is 12.2. The lowest BCUT2D eigenvalue weighted by Crippen LogP contribution is -2.22. The summed E-state index contributed by atoms with van der Waals surface area (Å²) in [4.78, 5) is 17.7. The van der Waals surface area contributed by atoms with Crippen molar-refractivity contribution in [3.05, 3.63) is 16.7 Å². The number of hydrogen-bond acceptors (Lipinski definition) is 5. The van der Waals surface area contributed by atoms with E-state index in [1.165, 1.54) is 13.4 Å². The Hall–Kier alpha value is -1.56. The van der Waals surface area contributed by atoms with Gasteiger partial charge >= 0.3 is 0 Å². The van der Waals surface area contributed by atoms with Gasteiger partial charge in [-0.05, 0) is 6.42 Å². The number of nitrogens with one attached hydrogen (secondary N) is 2. The zero-order valence-corrected chi connectivity index (χ0v) is 9.49. The number of nitrogens with zero attached hydrogens (tertiary/aromatic N) is 1. The van der Waals surface area contributed by atoms with Crippen molar-refractivity contribution < 1.29 is 9.84 Å². The Balaban J connectivity index is 2.66. The lowest BCUT2D eigenvalue weighted by Gasteiger charge is -2.12. The summed E-state index contributed by atoms with van der Waals surface area (Å²) in [5.74, 6) is 0.479. The number of aromatic nitrogens is 2. The topological polar surface area (TPSA) is 87.2 Å². The van der Waals surface area contributed by atoms with Crippen LogP contribution in [0.15, 0.2) is 11.1 Å². The first-order valence-electron chi connectivity index (χ1n) is 5.22. The van der Waals surface area contributed by atoms with Gasteiger partial charge < -0.3 is 20.1 Å². The number of H-pyrrole nitrogens is 1. The molecule has 3 N–H and O–H groups in total. The van der Waals surface area contributed by atoms with Crippen LogP contribution in [0.2, 0.25) is 0 Å².